The van der Waals surface area contributed by atoms with Crippen molar-refractivity contribution in [3.05, 3.63) is 69.8 Å². The highest BCUT2D eigenvalue weighted by molar-refractivity contribution is 5.40. The van der Waals surface area contributed by atoms with Gasteiger partial charge in [0.2, 0.25) is 0 Å². The molecule has 0 N–H and O–H groups in total. The van der Waals surface area contributed by atoms with E-state index in [4.69, 9.17) is 0 Å². The van der Waals surface area contributed by atoms with Gasteiger partial charge in [0.25, 0.3) is 0 Å². The molecule has 3 heteroatoms. The molecule has 2 aromatic rings. The van der Waals surface area contributed by atoms with Crippen molar-refractivity contribution in [1.82, 2.24) is 0 Å². The van der Waals surface area contributed by atoms with Gasteiger partial charge in [0.1, 0.15) is 0 Å². The molecule has 0 aliphatic heterocycles. The van der Waals surface area contributed by atoms with Gasteiger partial charge in [-0.05, 0) is 49.9 Å². The quantitative estimate of drug-likeness (QED) is 0.706. The summed E-state index contributed by atoms with van der Waals surface area (Å²) in [4.78, 5) is 0. The van der Waals surface area contributed by atoms with E-state index in [9.17, 15) is 13.2 Å². The van der Waals surface area contributed by atoms with Crippen LogP contribution >= 0.6 is 0 Å². The molecule has 0 bridgehead atoms. The molecule has 0 amide bonds. The zero-order valence-electron chi connectivity index (χ0n) is 11.8. The van der Waals surface area contributed by atoms with Crippen LogP contribution in [0, 0.1) is 20.8 Å². The summed E-state index contributed by atoms with van der Waals surface area (Å²) in [7, 11) is 0. The second kappa shape index (κ2) is 5.31. The van der Waals surface area contributed by atoms with E-state index in [1.165, 1.54) is 6.07 Å². The van der Waals surface area contributed by atoms with Gasteiger partial charge in [0.15, 0.2) is 0 Å². The fraction of sp³-hybridized carbons (Fsp3) is 0.294. The molecule has 2 aromatic carbocycles. The Hall–Kier alpha value is -1.77. The van der Waals surface area contributed by atoms with Gasteiger partial charge < -0.3 is 0 Å². The van der Waals surface area contributed by atoms with E-state index < -0.39 is 11.7 Å². The zero-order chi connectivity index (χ0) is 14.9. The van der Waals surface area contributed by atoms with E-state index in [2.05, 4.69) is 0 Å². The van der Waals surface area contributed by atoms with Crippen molar-refractivity contribution in [3.63, 3.8) is 0 Å². The van der Waals surface area contributed by atoms with Crippen molar-refractivity contribution < 1.29 is 13.2 Å². The maximum absolute atomic E-state index is 13.1. The zero-order valence-corrected chi connectivity index (χ0v) is 11.8. The van der Waals surface area contributed by atoms with Crippen LogP contribution < -0.4 is 0 Å². The van der Waals surface area contributed by atoms with Crippen LogP contribution in [0.1, 0.15) is 33.4 Å². The fourth-order valence-electron chi connectivity index (χ4n) is 2.36. The van der Waals surface area contributed by atoms with E-state index in [1.54, 1.807) is 19.1 Å². The molecule has 0 spiro atoms. The van der Waals surface area contributed by atoms with Gasteiger partial charge in [0, 0.05) is 0 Å². The Labute approximate surface area is 117 Å². The van der Waals surface area contributed by atoms with Crippen LogP contribution in [0.3, 0.4) is 0 Å². The molecule has 0 unspecified atom stereocenters. The minimum absolute atomic E-state index is 0.307. The topological polar surface area (TPSA) is 0 Å². The van der Waals surface area contributed by atoms with Crippen LogP contribution in [0.15, 0.2) is 36.4 Å². The highest BCUT2D eigenvalue weighted by Crippen LogP contribution is 2.34. The van der Waals surface area contributed by atoms with Crippen molar-refractivity contribution in [3.8, 4) is 0 Å². The number of halogens is 3. The summed E-state index contributed by atoms with van der Waals surface area (Å²) >= 11 is 0. The standard InChI is InChI=1S/C17H17F3/c1-11-4-6-14(13(3)8-11)10-15-7-5-12(2)9-16(15)17(18,19)20/h4-9H,10H2,1-3H3. The fourth-order valence-corrected chi connectivity index (χ4v) is 2.36. The number of hydrogen-bond donors (Lipinski definition) is 0. The SMILES string of the molecule is Cc1ccc(Cc2ccc(C)cc2C(F)(F)F)c(C)c1. The van der Waals surface area contributed by atoms with Crippen molar-refractivity contribution in [2.24, 2.45) is 0 Å². The van der Waals surface area contributed by atoms with Gasteiger partial charge in [-0.3, -0.25) is 0 Å². The lowest BCUT2D eigenvalue weighted by atomic mass is 9.94. The Morgan fingerprint density at radius 3 is 1.90 bits per heavy atom. The lowest BCUT2D eigenvalue weighted by Gasteiger charge is -2.15. The van der Waals surface area contributed by atoms with E-state index in [0.717, 1.165) is 16.7 Å². The lowest BCUT2D eigenvalue weighted by molar-refractivity contribution is -0.138. The molecule has 0 saturated carbocycles. The van der Waals surface area contributed by atoms with Gasteiger partial charge in [-0.25, -0.2) is 0 Å². The Kier molecular flexibility index (Phi) is 3.89. The number of aryl methyl sites for hydroxylation is 3. The monoisotopic (exact) mass is 278 g/mol. The predicted molar refractivity (Wildman–Crippen MR) is 74.9 cm³/mol. The Morgan fingerprint density at radius 1 is 0.800 bits per heavy atom. The first-order chi connectivity index (χ1) is 9.27. The van der Waals surface area contributed by atoms with Crippen LogP contribution in [-0.2, 0) is 12.6 Å². The summed E-state index contributed by atoms with van der Waals surface area (Å²) in [5, 5.41) is 0. The highest BCUT2D eigenvalue weighted by atomic mass is 19.4. The normalized spacial score (nSPS) is 11.7. The number of hydrogen-bond acceptors (Lipinski definition) is 0. The Balaban J connectivity index is 2.43. The van der Waals surface area contributed by atoms with Gasteiger partial charge in [-0.1, -0.05) is 41.5 Å². The largest absolute Gasteiger partial charge is 0.416 e. The Morgan fingerprint density at radius 2 is 1.35 bits per heavy atom. The second-order valence-corrected chi connectivity index (χ2v) is 5.27. The molecule has 2 rings (SSSR count). The average Bonchev–Trinajstić information content (AvgIpc) is 2.33. The van der Waals surface area contributed by atoms with Gasteiger partial charge >= 0.3 is 6.18 Å². The summed E-state index contributed by atoms with van der Waals surface area (Å²) in [6.07, 6.45) is -4.00. The first-order valence-corrected chi connectivity index (χ1v) is 6.50. The third kappa shape index (κ3) is 3.21. The van der Waals surface area contributed by atoms with E-state index >= 15 is 0 Å². The van der Waals surface area contributed by atoms with Crippen LogP contribution in [-0.4, -0.2) is 0 Å². The molecule has 20 heavy (non-hydrogen) atoms. The molecule has 106 valence electrons. The van der Waals surface area contributed by atoms with Crippen LogP contribution in [0.2, 0.25) is 0 Å². The molecule has 0 heterocycles. The molecule has 0 aromatic heterocycles. The van der Waals surface area contributed by atoms with Crippen molar-refractivity contribution in [2.75, 3.05) is 0 Å². The van der Waals surface area contributed by atoms with E-state index in [-0.39, 0.29) is 0 Å². The lowest BCUT2D eigenvalue weighted by Crippen LogP contribution is -2.10. The first-order valence-electron chi connectivity index (χ1n) is 6.50. The minimum Gasteiger partial charge on any atom is -0.166 e. The highest BCUT2D eigenvalue weighted by Gasteiger charge is 2.33. The molecule has 0 radical (unpaired) electrons. The molecule has 0 fully saturated rings. The minimum atomic E-state index is -4.31. The van der Waals surface area contributed by atoms with Crippen molar-refractivity contribution in [2.45, 2.75) is 33.4 Å². The molecule has 0 aliphatic carbocycles. The maximum Gasteiger partial charge on any atom is 0.416 e. The number of benzene rings is 2. The maximum atomic E-state index is 13.1. The number of alkyl halides is 3. The molecule has 0 saturated heterocycles. The summed E-state index contributed by atoms with van der Waals surface area (Å²) in [5.74, 6) is 0. The summed E-state index contributed by atoms with van der Waals surface area (Å²) in [5.41, 5.74) is 3.50. The van der Waals surface area contributed by atoms with E-state index in [1.807, 2.05) is 32.0 Å². The third-order valence-electron chi connectivity index (χ3n) is 3.45. The number of rotatable bonds is 2. The van der Waals surface area contributed by atoms with Crippen LogP contribution in [0.4, 0.5) is 13.2 Å². The summed E-state index contributed by atoms with van der Waals surface area (Å²) in [6.45, 7) is 5.59. The molecular formula is C17H17F3. The van der Waals surface area contributed by atoms with Gasteiger partial charge in [-0.2, -0.15) is 13.2 Å². The second-order valence-electron chi connectivity index (χ2n) is 5.27. The predicted octanol–water partition coefficient (Wildman–Crippen LogP) is 5.22. The van der Waals surface area contributed by atoms with E-state index in [0.29, 0.717) is 17.5 Å². The molecule has 0 atom stereocenters. The Bertz CT molecular complexity index is 625. The molecule has 0 aliphatic rings. The van der Waals surface area contributed by atoms with Gasteiger partial charge in [-0.15, -0.1) is 0 Å². The van der Waals surface area contributed by atoms with Crippen molar-refractivity contribution in [1.29, 1.82) is 0 Å². The molecular weight excluding hydrogens is 261 g/mol. The van der Waals surface area contributed by atoms with Crippen LogP contribution in [0.25, 0.3) is 0 Å². The van der Waals surface area contributed by atoms with Crippen molar-refractivity contribution >= 4 is 0 Å². The molecule has 0 nitrogen and oxygen atoms in total. The summed E-state index contributed by atoms with van der Waals surface area (Å²) < 4.78 is 39.3. The van der Waals surface area contributed by atoms with Gasteiger partial charge in [0.05, 0.1) is 5.56 Å². The average molecular weight is 278 g/mol. The smallest absolute Gasteiger partial charge is 0.166 e. The summed E-state index contributed by atoms with van der Waals surface area (Å²) in [6, 6.07) is 10.4. The third-order valence-corrected chi connectivity index (χ3v) is 3.45. The van der Waals surface area contributed by atoms with Crippen LogP contribution in [0.5, 0.6) is 0 Å². The first kappa shape index (κ1) is 14.6.